The number of thiazole rings is 1. The van der Waals surface area contributed by atoms with Crippen LogP contribution in [0.15, 0.2) is 52.3 Å². The summed E-state index contributed by atoms with van der Waals surface area (Å²) in [5.41, 5.74) is 0.799. The lowest BCUT2D eigenvalue weighted by Crippen LogP contribution is -2.42. The second-order valence-electron chi connectivity index (χ2n) is 8.44. The first kappa shape index (κ1) is 23.8. The number of piperidine rings is 1. The Labute approximate surface area is 196 Å². The fourth-order valence-corrected chi connectivity index (χ4v) is 7.23. The van der Waals surface area contributed by atoms with Crippen molar-refractivity contribution in [3.8, 4) is 0 Å². The van der Waals surface area contributed by atoms with E-state index >= 15 is 0 Å². The number of anilines is 1. The molecule has 4 rings (SSSR count). The van der Waals surface area contributed by atoms with Crippen LogP contribution >= 0.6 is 11.3 Å². The summed E-state index contributed by atoms with van der Waals surface area (Å²) in [6.07, 6.45) is 1.00. The van der Waals surface area contributed by atoms with Gasteiger partial charge in [-0.05, 0) is 60.7 Å². The number of nitrogens with two attached hydrogens (primary N) is 1. The summed E-state index contributed by atoms with van der Waals surface area (Å²) in [6, 6.07) is 10.1. The zero-order valence-corrected chi connectivity index (χ0v) is 20.5. The highest BCUT2D eigenvalue weighted by atomic mass is 32.2. The second-order valence-corrected chi connectivity index (χ2v) is 13.0. The highest BCUT2D eigenvalue weighted by Gasteiger charge is 2.31. The van der Waals surface area contributed by atoms with Gasteiger partial charge in [-0.15, -0.1) is 0 Å². The smallest absolute Gasteiger partial charge is 0.257 e. The van der Waals surface area contributed by atoms with Gasteiger partial charge in [0.05, 0.1) is 20.0 Å². The lowest BCUT2D eigenvalue weighted by Gasteiger charge is -2.34. The van der Waals surface area contributed by atoms with E-state index in [9.17, 15) is 21.6 Å². The minimum Gasteiger partial charge on any atom is -0.298 e. The summed E-state index contributed by atoms with van der Waals surface area (Å²) in [5, 5.41) is 8.11. The van der Waals surface area contributed by atoms with Crippen molar-refractivity contribution < 1.29 is 21.6 Å². The number of benzene rings is 2. The number of hydrogen-bond acceptors (Lipinski definition) is 7. The number of rotatable bonds is 5. The van der Waals surface area contributed by atoms with Crippen molar-refractivity contribution in [3.63, 3.8) is 0 Å². The average molecular weight is 509 g/mol. The van der Waals surface area contributed by atoms with Gasteiger partial charge in [0.2, 0.25) is 20.0 Å². The van der Waals surface area contributed by atoms with Crippen LogP contribution < -0.4 is 10.5 Å². The van der Waals surface area contributed by atoms with Gasteiger partial charge in [-0.25, -0.2) is 27.0 Å². The highest BCUT2D eigenvalue weighted by Crippen LogP contribution is 2.29. The quantitative estimate of drug-likeness (QED) is 0.543. The largest absolute Gasteiger partial charge is 0.298 e. The Bertz CT molecular complexity index is 1410. The monoisotopic (exact) mass is 508 g/mol. The topological polar surface area (TPSA) is 140 Å². The van der Waals surface area contributed by atoms with Crippen LogP contribution in [0.3, 0.4) is 0 Å². The van der Waals surface area contributed by atoms with Gasteiger partial charge in [0.25, 0.3) is 5.91 Å². The SMILES string of the molecule is C[C@@H]1C[C@@H](C)CN(S(=O)(=O)c2ccc(C(=O)Nc3nc4ccc(S(N)(=O)=O)cc4s3)cc2)C1. The van der Waals surface area contributed by atoms with E-state index in [1.165, 1.54) is 46.8 Å². The Morgan fingerprint density at radius 3 is 2.24 bits per heavy atom. The maximum atomic E-state index is 13.0. The first-order chi connectivity index (χ1) is 15.4. The number of nitrogens with zero attached hydrogens (tertiary/aromatic N) is 2. The second kappa shape index (κ2) is 8.76. The van der Waals surface area contributed by atoms with Gasteiger partial charge in [-0.3, -0.25) is 10.1 Å². The molecule has 0 aliphatic carbocycles. The minimum atomic E-state index is -3.84. The van der Waals surface area contributed by atoms with Crippen LogP contribution in [0.25, 0.3) is 10.2 Å². The van der Waals surface area contributed by atoms with E-state index in [0.29, 0.717) is 35.1 Å². The van der Waals surface area contributed by atoms with Crippen LogP contribution in [0, 0.1) is 11.8 Å². The van der Waals surface area contributed by atoms with Gasteiger partial charge in [0.1, 0.15) is 0 Å². The molecule has 3 aromatic rings. The molecule has 2 heterocycles. The minimum absolute atomic E-state index is 0.0363. The number of primary sulfonamides is 1. The summed E-state index contributed by atoms with van der Waals surface area (Å²) in [5.74, 6) is 0.136. The van der Waals surface area contributed by atoms with Crippen molar-refractivity contribution >= 4 is 52.6 Å². The molecule has 9 nitrogen and oxygen atoms in total. The molecule has 0 saturated carbocycles. The lowest BCUT2D eigenvalue weighted by atomic mass is 9.94. The predicted molar refractivity (Wildman–Crippen MR) is 127 cm³/mol. The van der Waals surface area contributed by atoms with E-state index in [2.05, 4.69) is 10.3 Å². The molecular formula is C21H24N4O5S3. The number of aromatic nitrogens is 1. The van der Waals surface area contributed by atoms with Crippen molar-refractivity contribution in [2.24, 2.45) is 17.0 Å². The van der Waals surface area contributed by atoms with Crippen molar-refractivity contribution in [1.29, 1.82) is 0 Å². The van der Waals surface area contributed by atoms with Gasteiger partial charge in [0, 0.05) is 18.7 Å². The molecule has 1 amide bonds. The number of amides is 1. The van der Waals surface area contributed by atoms with Crippen LogP contribution in [0.4, 0.5) is 5.13 Å². The van der Waals surface area contributed by atoms with Gasteiger partial charge >= 0.3 is 0 Å². The average Bonchev–Trinajstić information content (AvgIpc) is 3.14. The molecule has 1 aromatic heterocycles. The zero-order valence-electron chi connectivity index (χ0n) is 18.1. The van der Waals surface area contributed by atoms with Crippen LogP contribution in [0.2, 0.25) is 0 Å². The molecule has 0 spiro atoms. The summed E-state index contributed by atoms with van der Waals surface area (Å²) < 4.78 is 51.1. The van der Waals surface area contributed by atoms with Crippen molar-refractivity contribution in [1.82, 2.24) is 9.29 Å². The molecule has 1 fully saturated rings. The fourth-order valence-electron chi connectivity index (χ4n) is 4.03. The molecule has 33 heavy (non-hydrogen) atoms. The fraction of sp³-hybridized carbons (Fsp3) is 0.333. The Morgan fingerprint density at radius 2 is 1.64 bits per heavy atom. The maximum Gasteiger partial charge on any atom is 0.257 e. The van der Waals surface area contributed by atoms with E-state index in [4.69, 9.17) is 5.14 Å². The van der Waals surface area contributed by atoms with E-state index < -0.39 is 26.0 Å². The molecule has 0 unspecified atom stereocenters. The van der Waals surface area contributed by atoms with Gasteiger partial charge < -0.3 is 0 Å². The Hall–Kier alpha value is -2.38. The number of nitrogens with one attached hydrogen (secondary N) is 1. The Morgan fingerprint density at radius 1 is 1.03 bits per heavy atom. The van der Waals surface area contributed by atoms with Crippen molar-refractivity contribution in [2.75, 3.05) is 18.4 Å². The molecule has 12 heteroatoms. The summed E-state index contributed by atoms with van der Waals surface area (Å²) >= 11 is 1.11. The third-order valence-corrected chi connectivity index (χ3v) is 9.19. The van der Waals surface area contributed by atoms with Gasteiger partial charge in [-0.2, -0.15) is 4.31 Å². The molecule has 1 aliphatic heterocycles. The standard InChI is InChI=1S/C21H24N4O5S3/c1-13-9-14(2)12-25(11-13)33(29,30)16-5-3-15(4-6-16)20(26)24-21-23-18-8-7-17(32(22,27)28)10-19(18)31-21/h3-8,10,13-14H,9,11-12H2,1-2H3,(H2,22,27,28)(H,23,24,26)/t13-,14-/m1/s1. The number of carbonyl (C=O) groups excluding carboxylic acids is 1. The van der Waals surface area contributed by atoms with Crippen LogP contribution in [0.1, 0.15) is 30.6 Å². The molecule has 176 valence electrons. The van der Waals surface area contributed by atoms with Crippen molar-refractivity contribution in [2.45, 2.75) is 30.1 Å². The van der Waals surface area contributed by atoms with E-state index in [-0.39, 0.29) is 20.5 Å². The normalized spacial score (nSPS) is 20.1. The lowest BCUT2D eigenvalue weighted by molar-refractivity contribution is 0.102. The maximum absolute atomic E-state index is 13.0. The first-order valence-electron chi connectivity index (χ1n) is 10.3. The highest BCUT2D eigenvalue weighted by molar-refractivity contribution is 7.89. The van der Waals surface area contributed by atoms with Gasteiger partial charge in [0.15, 0.2) is 5.13 Å². The molecule has 2 atom stereocenters. The van der Waals surface area contributed by atoms with Gasteiger partial charge in [-0.1, -0.05) is 25.2 Å². The zero-order chi connectivity index (χ0) is 24.0. The molecule has 1 aliphatic rings. The molecule has 0 radical (unpaired) electrons. The third kappa shape index (κ3) is 5.09. The number of hydrogen-bond donors (Lipinski definition) is 2. The summed E-state index contributed by atoms with van der Waals surface area (Å²) in [4.78, 5) is 17.0. The molecule has 1 saturated heterocycles. The van der Waals surface area contributed by atoms with E-state index in [1.807, 2.05) is 13.8 Å². The van der Waals surface area contributed by atoms with Crippen molar-refractivity contribution in [3.05, 3.63) is 48.0 Å². The molecule has 3 N–H and O–H groups in total. The van der Waals surface area contributed by atoms with Crippen LogP contribution in [-0.2, 0) is 20.0 Å². The molecule has 2 aromatic carbocycles. The van der Waals surface area contributed by atoms with Crippen LogP contribution in [0.5, 0.6) is 0 Å². The predicted octanol–water partition coefficient (Wildman–Crippen LogP) is 2.86. The van der Waals surface area contributed by atoms with E-state index in [1.54, 1.807) is 0 Å². The molecular weight excluding hydrogens is 484 g/mol. The molecule has 0 bridgehead atoms. The Kier molecular flexibility index (Phi) is 6.31. The number of carbonyl (C=O) groups is 1. The Balaban J connectivity index is 1.50. The first-order valence-corrected chi connectivity index (χ1v) is 14.1. The third-order valence-electron chi connectivity index (χ3n) is 5.50. The number of sulfonamides is 2. The van der Waals surface area contributed by atoms with Crippen LogP contribution in [-0.4, -0.2) is 45.1 Å². The summed E-state index contributed by atoms with van der Waals surface area (Å²) in [6.45, 7) is 5.06. The summed E-state index contributed by atoms with van der Waals surface area (Å²) in [7, 11) is -7.47. The number of fused-ring (bicyclic) bond motifs is 1. The van der Waals surface area contributed by atoms with E-state index in [0.717, 1.165) is 17.8 Å².